The molecule has 15 heavy (non-hydrogen) atoms. The Morgan fingerprint density at radius 1 is 1.13 bits per heavy atom. The topological polar surface area (TPSA) is 12.9 Å². The molecule has 1 aromatic carbocycles. The second-order valence-corrected chi connectivity index (χ2v) is 5.18. The molecule has 1 aromatic heterocycles. The minimum atomic E-state index is 0.102. The first kappa shape index (κ1) is 10.4. The van der Waals surface area contributed by atoms with Crippen LogP contribution in [0.25, 0.3) is 10.8 Å². The molecule has 2 aromatic rings. The van der Waals surface area contributed by atoms with E-state index in [9.17, 15) is 0 Å². The molecular formula is C13H14ClN. The summed E-state index contributed by atoms with van der Waals surface area (Å²) in [7, 11) is 0. The van der Waals surface area contributed by atoms with Crippen LogP contribution in [0.15, 0.2) is 30.6 Å². The Bertz CT molecular complexity index is 492. The van der Waals surface area contributed by atoms with E-state index in [1.807, 2.05) is 12.3 Å². The molecule has 78 valence electrons. The maximum Gasteiger partial charge on any atom is 0.0670 e. The number of benzene rings is 1. The van der Waals surface area contributed by atoms with E-state index in [4.69, 9.17) is 11.6 Å². The van der Waals surface area contributed by atoms with Gasteiger partial charge in [0.25, 0.3) is 0 Å². The van der Waals surface area contributed by atoms with E-state index in [1.165, 1.54) is 5.56 Å². The lowest BCUT2D eigenvalue weighted by Crippen LogP contribution is -2.11. The Morgan fingerprint density at radius 3 is 2.53 bits per heavy atom. The van der Waals surface area contributed by atoms with Crippen molar-refractivity contribution in [1.82, 2.24) is 4.98 Å². The summed E-state index contributed by atoms with van der Waals surface area (Å²) in [5, 5.41) is 2.97. The Balaban J connectivity index is 2.86. The predicted octanol–water partition coefficient (Wildman–Crippen LogP) is 4.19. The average molecular weight is 220 g/mol. The number of rotatable bonds is 0. The second-order valence-electron chi connectivity index (χ2n) is 4.78. The van der Waals surface area contributed by atoms with Gasteiger partial charge in [-0.1, -0.05) is 50.6 Å². The number of halogens is 1. The fourth-order valence-corrected chi connectivity index (χ4v) is 2.08. The third-order valence-corrected chi connectivity index (χ3v) is 2.83. The Hall–Kier alpha value is -1.08. The van der Waals surface area contributed by atoms with E-state index >= 15 is 0 Å². The quantitative estimate of drug-likeness (QED) is 0.648. The zero-order valence-electron chi connectivity index (χ0n) is 9.21. The molecule has 0 N–H and O–H groups in total. The number of hydrogen-bond donors (Lipinski definition) is 0. The zero-order chi connectivity index (χ0) is 11.1. The van der Waals surface area contributed by atoms with Crippen LogP contribution in [0.4, 0.5) is 0 Å². The number of nitrogens with zero attached hydrogens (tertiary/aromatic N) is 1. The molecule has 1 nitrogen and oxygen atoms in total. The Labute approximate surface area is 95.1 Å². The number of fused-ring (bicyclic) bond motifs is 1. The Kier molecular flexibility index (Phi) is 2.43. The van der Waals surface area contributed by atoms with Crippen molar-refractivity contribution in [3.8, 4) is 0 Å². The summed E-state index contributed by atoms with van der Waals surface area (Å²) in [6.45, 7) is 6.58. The first-order chi connectivity index (χ1) is 7.00. The van der Waals surface area contributed by atoms with Gasteiger partial charge in [-0.05, 0) is 11.0 Å². The molecule has 0 aliphatic carbocycles. The van der Waals surface area contributed by atoms with Crippen LogP contribution in [0.2, 0.25) is 5.02 Å². The van der Waals surface area contributed by atoms with Crippen molar-refractivity contribution in [2.45, 2.75) is 26.2 Å². The van der Waals surface area contributed by atoms with Crippen LogP contribution in [0.5, 0.6) is 0 Å². The molecule has 0 bridgehead atoms. The Morgan fingerprint density at radius 2 is 1.87 bits per heavy atom. The highest BCUT2D eigenvalue weighted by Crippen LogP contribution is 2.33. The van der Waals surface area contributed by atoms with Gasteiger partial charge in [-0.3, -0.25) is 4.98 Å². The molecule has 0 fully saturated rings. The van der Waals surface area contributed by atoms with Gasteiger partial charge >= 0.3 is 0 Å². The van der Waals surface area contributed by atoms with Crippen molar-refractivity contribution in [1.29, 1.82) is 0 Å². The van der Waals surface area contributed by atoms with Gasteiger partial charge in [-0.25, -0.2) is 0 Å². The molecule has 0 aliphatic rings. The monoisotopic (exact) mass is 219 g/mol. The van der Waals surface area contributed by atoms with Crippen molar-refractivity contribution in [2.75, 3.05) is 0 Å². The summed E-state index contributed by atoms with van der Waals surface area (Å²) in [6, 6.07) is 6.23. The minimum absolute atomic E-state index is 0.102. The maximum atomic E-state index is 6.21. The van der Waals surface area contributed by atoms with Gasteiger partial charge in [0.05, 0.1) is 5.02 Å². The molecule has 0 spiro atoms. The molecule has 0 unspecified atom stereocenters. The van der Waals surface area contributed by atoms with Crippen LogP contribution < -0.4 is 0 Å². The molecule has 0 radical (unpaired) electrons. The van der Waals surface area contributed by atoms with Crippen LogP contribution in [0, 0.1) is 0 Å². The number of pyridine rings is 1. The molecule has 0 atom stereocenters. The lowest BCUT2D eigenvalue weighted by atomic mass is 9.84. The van der Waals surface area contributed by atoms with Crippen molar-refractivity contribution in [3.63, 3.8) is 0 Å². The third-order valence-electron chi connectivity index (χ3n) is 2.55. The molecule has 0 aliphatic heterocycles. The van der Waals surface area contributed by atoms with E-state index in [2.05, 4.69) is 37.9 Å². The highest BCUT2D eigenvalue weighted by Gasteiger charge is 2.17. The van der Waals surface area contributed by atoms with Crippen molar-refractivity contribution >= 4 is 22.4 Å². The number of aromatic nitrogens is 1. The largest absolute Gasteiger partial charge is 0.263 e. The van der Waals surface area contributed by atoms with Crippen molar-refractivity contribution in [3.05, 3.63) is 41.2 Å². The third kappa shape index (κ3) is 1.84. The SMILES string of the molecule is CC(C)(C)c1cccc2cncc(Cl)c12. The van der Waals surface area contributed by atoms with Crippen LogP contribution in [-0.4, -0.2) is 4.98 Å². The zero-order valence-corrected chi connectivity index (χ0v) is 9.97. The van der Waals surface area contributed by atoms with E-state index in [0.717, 1.165) is 15.8 Å². The molecule has 2 rings (SSSR count). The van der Waals surface area contributed by atoms with Crippen molar-refractivity contribution < 1.29 is 0 Å². The fraction of sp³-hybridized carbons (Fsp3) is 0.308. The lowest BCUT2D eigenvalue weighted by Gasteiger charge is -2.21. The highest BCUT2D eigenvalue weighted by atomic mass is 35.5. The first-order valence-corrected chi connectivity index (χ1v) is 5.40. The highest BCUT2D eigenvalue weighted by molar-refractivity contribution is 6.35. The van der Waals surface area contributed by atoms with E-state index in [1.54, 1.807) is 6.20 Å². The minimum Gasteiger partial charge on any atom is -0.263 e. The number of hydrogen-bond acceptors (Lipinski definition) is 1. The second kappa shape index (κ2) is 3.49. The summed E-state index contributed by atoms with van der Waals surface area (Å²) in [4.78, 5) is 4.10. The average Bonchev–Trinajstić information content (AvgIpc) is 2.16. The molecule has 1 heterocycles. The van der Waals surface area contributed by atoms with Crippen LogP contribution in [0.3, 0.4) is 0 Å². The molecular weight excluding hydrogens is 206 g/mol. The van der Waals surface area contributed by atoms with E-state index in [-0.39, 0.29) is 5.41 Å². The maximum absolute atomic E-state index is 6.21. The fourth-order valence-electron chi connectivity index (χ4n) is 1.82. The van der Waals surface area contributed by atoms with Gasteiger partial charge < -0.3 is 0 Å². The summed E-state index contributed by atoms with van der Waals surface area (Å²) in [6.07, 6.45) is 3.57. The smallest absolute Gasteiger partial charge is 0.0670 e. The summed E-state index contributed by atoms with van der Waals surface area (Å²) >= 11 is 6.21. The molecule has 0 saturated carbocycles. The predicted molar refractivity (Wildman–Crippen MR) is 65.5 cm³/mol. The lowest BCUT2D eigenvalue weighted by molar-refractivity contribution is 0.596. The summed E-state index contributed by atoms with van der Waals surface area (Å²) < 4.78 is 0. The molecule has 2 heteroatoms. The molecule has 0 amide bonds. The standard InChI is InChI=1S/C13H14ClN/c1-13(2,3)10-6-4-5-9-7-15-8-11(14)12(9)10/h4-8H,1-3H3. The van der Waals surface area contributed by atoms with Crippen molar-refractivity contribution in [2.24, 2.45) is 0 Å². The molecule has 0 saturated heterocycles. The van der Waals surface area contributed by atoms with Gasteiger partial charge in [-0.15, -0.1) is 0 Å². The van der Waals surface area contributed by atoms with Gasteiger partial charge in [0.15, 0.2) is 0 Å². The van der Waals surface area contributed by atoms with E-state index < -0.39 is 0 Å². The normalized spacial score (nSPS) is 12.0. The first-order valence-electron chi connectivity index (χ1n) is 5.03. The summed E-state index contributed by atoms with van der Waals surface area (Å²) in [5.74, 6) is 0. The van der Waals surface area contributed by atoms with Gasteiger partial charge in [0, 0.05) is 23.2 Å². The van der Waals surface area contributed by atoms with Gasteiger partial charge in [0.2, 0.25) is 0 Å². The van der Waals surface area contributed by atoms with Gasteiger partial charge in [0.1, 0.15) is 0 Å². The summed E-state index contributed by atoms with van der Waals surface area (Å²) in [5.41, 5.74) is 1.37. The van der Waals surface area contributed by atoms with Crippen LogP contribution >= 0.6 is 11.6 Å². The van der Waals surface area contributed by atoms with Crippen LogP contribution in [0.1, 0.15) is 26.3 Å². The van der Waals surface area contributed by atoms with E-state index in [0.29, 0.717) is 0 Å². The van der Waals surface area contributed by atoms with Crippen LogP contribution in [-0.2, 0) is 5.41 Å². The van der Waals surface area contributed by atoms with Gasteiger partial charge in [-0.2, -0.15) is 0 Å².